The number of nitrogens with zero attached hydrogens (tertiary/aromatic N) is 6. The van der Waals surface area contributed by atoms with Crippen LogP contribution in [-0.2, 0) is 0 Å². The van der Waals surface area contributed by atoms with Crippen LogP contribution in [0.3, 0.4) is 0 Å². The molecule has 10 rings (SSSR count). The third kappa shape index (κ3) is 5.35. The van der Waals surface area contributed by atoms with Crippen molar-refractivity contribution in [3.8, 4) is 50.8 Å². The van der Waals surface area contributed by atoms with E-state index in [0.717, 1.165) is 99.8 Å². The van der Waals surface area contributed by atoms with Gasteiger partial charge >= 0.3 is 0 Å². The summed E-state index contributed by atoms with van der Waals surface area (Å²) in [5.41, 5.74) is 14.3. The number of para-hydroxylation sites is 4. The minimum atomic E-state index is 0.510. The first-order valence-electron chi connectivity index (χ1n) is 19.0. The third-order valence-electron chi connectivity index (χ3n) is 11.1. The Bertz CT molecular complexity index is 3250. The van der Waals surface area contributed by atoms with E-state index in [2.05, 4.69) is 110 Å². The fraction of sp³-hybridized carbons (Fsp3) is 0.0385. The number of aryl methyl sites for hydroxylation is 2. The molecular formula is C52H32N6. The molecule has 0 N–H and O–H groups in total. The van der Waals surface area contributed by atoms with E-state index in [4.69, 9.17) is 18.1 Å². The van der Waals surface area contributed by atoms with Crippen LogP contribution in [0.2, 0.25) is 0 Å². The van der Waals surface area contributed by atoms with Gasteiger partial charge in [0.05, 0.1) is 46.6 Å². The zero-order chi connectivity index (χ0) is 39.5. The minimum Gasteiger partial charge on any atom is -0.308 e. The molecule has 7 aromatic carbocycles. The van der Waals surface area contributed by atoms with Crippen LogP contribution in [0.5, 0.6) is 0 Å². The van der Waals surface area contributed by atoms with Crippen molar-refractivity contribution in [2.75, 3.05) is 0 Å². The fourth-order valence-electron chi connectivity index (χ4n) is 8.67. The summed E-state index contributed by atoms with van der Waals surface area (Å²) in [6.07, 6.45) is 0. The summed E-state index contributed by atoms with van der Waals surface area (Å²) in [5.74, 6) is 0. The van der Waals surface area contributed by atoms with Crippen LogP contribution in [0, 0.1) is 38.3 Å². The Morgan fingerprint density at radius 2 is 0.879 bits per heavy atom. The van der Waals surface area contributed by atoms with Crippen LogP contribution in [0.15, 0.2) is 158 Å². The van der Waals surface area contributed by atoms with Crippen LogP contribution in [-0.4, -0.2) is 14.1 Å². The second-order valence-electron chi connectivity index (χ2n) is 14.6. The zero-order valence-corrected chi connectivity index (χ0v) is 31.7. The average Bonchev–Trinajstić information content (AvgIpc) is 3.77. The molecule has 270 valence electrons. The smallest absolute Gasteiger partial charge is 0.194 e. The van der Waals surface area contributed by atoms with Gasteiger partial charge in [-0.1, -0.05) is 109 Å². The summed E-state index contributed by atoms with van der Waals surface area (Å²) < 4.78 is 4.43. The number of aromatic nitrogens is 3. The summed E-state index contributed by atoms with van der Waals surface area (Å²) in [5, 5.41) is 15.7. The Morgan fingerprint density at radius 1 is 0.466 bits per heavy atom. The lowest BCUT2D eigenvalue weighted by Crippen LogP contribution is -2.05. The van der Waals surface area contributed by atoms with Crippen LogP contribution in [0.4, 0.5) is 11.4 Å². The maximum Gasteiger partial charge on any atom is 0.194 e. The monoisotopic (exact) mass is 740 g/mol. The maximum atomic E-state index is 11.5. The van der Waals surface area contributed by atoms with Crippen molar-refractivity contribution in [3.05, 3.63) is 198 Å². The van der Waals surface area contributed by atoms with Gasteiger partial charge in [0.25, 0.3) is 0 Å². The van der Waals surface area contributed by atoms with E-state index in [1.54, 1.807) is 0 Å². The molecule has 0 bridgehead atoms. The van der Waals surface area contributed by atoms with Gasteiger partial charge in [-0.05, 0) is 95.8 Å². The molecule has 0 aliphatic carbocycles. The molecular weight excluding hydrogens is 709 g/mol. The van der Waals surface area contributed by atoms with E-state index in [0.29, 0.717) is 16.9 Å². The lowest BCUT2D eigenvalue weighted by Gasteiger charge is -2.19. The van der Waals surface area contributed by atoms with Gasteiger partial charge in [0.15, 0.2) is 11.4 Å². The van der Waals surface area contributed by atoms with E-state index in [1.807, 2.05) is 86.6 Å². The molecule has 0 fully saturated rings. The number of benzene rings is 7. The third-order valence-corrected chi connectivity index (χ3v) is 11.1. The highest BCUT2D eigenvalue weighted by Crippen LogP contribution is 2.43. The van der Waals surface area contributed by atoms with E-state index in [-0.39, 0.29) is 0 Å². The van der Waals surface area contributed by atoms with Crippen molar-refractivity contribution in [1.82, 2.24) is 14.1 Å². The van der Waals surface area contributed by atoms with Crippen molar-refractivity contribution < 1.29 is 0 Å². The number of pyridine rings is 1. The summed E-state index contributed by atoms with van der Waals surface area (Å²) >= 11 is 0. The van der Waals surface area contributed by atoms with Crippen molar-refractivity contribution in [2.45, 2.75) is 13.8 Å². The SMILES string of the molecule is [C-]#[N+]c1ccccc1-c1ccc2c3ccccc3n(-c3cc(-c4cc(C)nc(C)c4)cc(-n4c5ccccc5c5ccc(-c6ccccc6[N+]#[C-])cc54)c3C#N)c2c1. The molecule has 0 radical (unpaired) electrons. The minimum absolute atomic E-state index is 0.510. The van der Waals surface area contributed by atoms with Crippen LogP contribution >= 0.6 is 0 Å². The van der Waals surface area contributed by atoms with E-state index < -0.39 is 0 Å². The number of nitriles is 1. The molecule has 0 aliphatic rings. The largest absolute Gasteiger partial charge is 0.308 e. The van der Waals surface area contributed by atoms with Gasteiger partial charge in [-0.15, -0.1) is 0 Å². The first kappa shape index (κ1) is 34.3. The van der Waals surface area contributed by atoms with Gasteiger partial charge in [-0.3, -0.25) is 4.98 Å². The molecule has 0 spiro atoms. The first-order valence-corrected chi connectivity index (χ1v) is 19.0. The van der Waals surface area contributed by atoms with Crippen LogP contribution in [0.1, 0.15) is 17.0 Å². The fourth-order valence-corrected chi connectivity index (χ4v) is 8.67. The Hall–Kier alpha value is -8.24. The average molecular weight is 741 g/mol. The highest BCUT2D eigenvalue weighted by Gasteiger charge is 2.23. The number of rotatable bonds is 5. The van der Waals surface area contributed by atoms with Gasteiger partial charge < -0.3 is 9.13 Å². The van der Waals surface area contributed by atoms with Gasteiger partial charge in [0, 0.05) is 32.9 Å². The van der Waals surface area contributed by atoms with E-state index in [1.165, 1.54) is 0 Å². The second kappa shape index (κ2) is 13.5. The summed E-state index contributed by atoms with van der Waals surface area (Å²) in [7, 11) is 0. The van der Waals surface area contributed by atoms with Gasteiger partial charge in [0.1, 0.15) is 11.6 Å². The normalized spacial score (nSPS) is 11.2. The molecule has 0 unspecified atom stereocenters. The summed E-state index contributed by atoms with van der Waals surface area (Å²) in [6.45, 7) is 19.8. The molecule has 58 heavy (non-hydrogen) atoms. The highest BCUT2D eigenvalue weighted by atomic mass is 15.0. The summed E-state index contributed by atoms with van der Waals surface area (Å²) in [4.78, 5) is 12.4. The van der Waals surface area contributed by atoms with Crippen molar-refractivity contribution >= 4 is 55.0 Å². The summed E-state index contributed by atoms with van der Waals surface area (Å²) in [6, 6.07) is 55.9. The Morgan fingerprint density at radius 3 is 1.34 bits per heavy atom. The highest BCUT2D eigenvalue weighted by molar-refractivity contribution is 6.12. The molecule has 0 atom stereocenters. The molecule has 0 aliphatic heterocycles. The quantitative estimate of drug-likeness (QED) is 0.165. The van der Waals surface area contributed by atoms with Gasteiger partial charge in [0.2, 0.25) is 0 Å². The van der Waals surface area contributed by atoms with E-state index >= 15 is 0 Å². The molecule has 0 saturated carbocycles. The molecule has 0 amide bonds. The van der Waals surface area contributed by atoms with Crippen molar-refractivity contribution in [2.24, 2.45) is 0 Å². The van der Waals surface area contributed by atoms with Gasteiger partial charge in [-0.25, -0.2) is 9.69 Å². The lowest BCUT2D eigenvalue weighted by molar-refractivity contribution is 1.11. The number of fused-ring (bicyclic) bond motifs is 6. The Kier molecular flexibility index (Phi) is 7.98. The number of hydrogen-bond donors (Lipinski definition) is 0. The first-order chi connectivity index (χ1) is 28.4. The standard InChI is InChI=1S/C52H32N6/c1-32-25-36(26-33(2)56-32)37-29-51(57-47-19-11-7-15-40(47)42-23-21-34(27-49(42)57)38-13-5-9-17-45(38)54-3)44(31-53)52(30-37)58-48-20-12-8-16-41(48)43-24-22-35(28-50(43)58)39-14-6-10-18-46(39)55-4/h5-30H,1-2H3. The molecule has 0 saturated heterocycles. The topological polar surface area (TPSA) is 55.3 Å². The molecule has 3 heterocycles. The molecule has 10 aromatic rings. The van der Waals surface area contributed by atoms with Crippen LogP contribution < -0.4 is 0 Å². The molecule has 6 heteroatoms. The predicted molar refractivity (Wildman–Crippen MR) is 236 cm³/mol. The Labute approximate surface area is 335 Å². The van der Waals surface area contributed by atoms with E-state index in [9.17, 15) is 5.26 Å². The van der Waals surface area contributed by atoms with Gasteiger partial charge in [-0.2, -0.15) is 5.26 Å². The van der Waals surface area contributed by atoms with Crippen molar-refractivity contribution in [3.63, 3.8) is 0 Å². The zero-order valence-electron chi connectivity index (χ0n) is 31.7. The maximum absolute atomic E-state index is 11.5. The second-order valence-corrected chi connectivity index (χ2v) is 14.6. The van der Waals surface area contributed by atoms with Crippen LogP contribution in [0.25, 0.3) is 98.1 Å². The molecule has 6 nitrogen and oxygen atoms in total. The Balaban J connectivity index is 1.35. The number of hydrogen-bond acceptors (Lipinski definition) is 2. The lowest BCUT2D eigenvalue weighted by atomic mass is 9.99. The molecule has 3 aromatic heterocycles. The predicted octanol–water partition coefficient (Wildman–Crippen LogP) is 13.9. The van der Waals surface area contributed by atoms with Crippen molar-refractivity contribution in [1.29, 1.82) is 5.26 Å².